The highest BCUT2D eigenvalue weighted by Crippen LogP contribution is 2.10. The number of benzene rings is 1. The van der Waals surface area contributed by atoms with Crippen LogP contribution in [0.4, 0.5) is 0 Å². The van der Waals surface area contributed by atoms with Gasteiger partial charge in [-0.15, -0.1) is 0 Å². The van der Waals surface area contributed by atoms with Crippen molar-refractivity contribution in [1.82, 2.24) is 0 Å². The minimum Gasteiger partial charge on any atom is -0.293 e. The highest BCUT2D eigenvalue weighted by Gasteiger charge is 2.20. The average Bonchev–Trinajstić information content (AvgIpc) is 2.17. The Bertz CT molecular complexity index is 319. The molecule has 0 aromatic heterocycles. The molecule has 1 aromatic rings. The molecule has 1 unspecified atom stereocenters. The normalized spacial score (nSPS) is 12.2. The predicted molar refractivity (Wildman–Crippen MR) is 50.8 cm³/mol. The topological polar surface area (TPSA) is 34.1 Å². The summed E-state index contributed by atoms with van der Waals surface area (Å²) in [5.74, 6) is -0.996. The van der Waals surface area contributed by atoms with Crippen molar-refractivity contribution in [3.8, 4) is 0 Å². The Morgan fingerprint density at radius 2 is 1.77 bits per heavy atom. The lowest BCUT2D eigenvalue weighted by Gasteiger charge is -2.03. The van der Waals surface area contributed by atoms with Gasteiger partial charge in [-0.2, -0.15) is 0 Å². The maximum atomic E-state index is 11.5. The first kappa shape index (κ1) is 9.93. The fourth-order valence-corrected chi connectivity index (χ4v) is 1.05. The largest absolute Gasteiger partial charge is 0.293 e. The summed E-state index contributed by atoms with van der Waals surface area (Å²) in [5, 5.41) is -0.617. The second kappa shape index (κ2) is 4.19. The lowest BCUT2D eigenvalue weighted by molar-refractivity contribution is -0.113. The lowest BCUT2D eigenvalue weighted by atomic mass is 10.0. The predicted octanol–water partition coefficient (Wildman–Crippen LogP) is 2.27. The van der Waals surface area contributed by atoms with E-state index < -0.39 is 11.2 Å². The molecule has 68 valence electrons. The Labute approximate surface area is 81.5 Å². The van der Waals surface area contributed by atoms with Gasteiger partial charge >= 0.3 is 0 Å². The molecule has 1 aromatic carbocycles. The second-order valence-corrected chi connectivity index (χ2v) is 3.13. The first-order chi connectivity index (χ1) is 6.13. The quantitative estimate of drug-likeness (QED) is 0.422. The lowest BCUT2D eigenvalue weighted by Crippen LogP contribution is -2.16. The van der Waals surface area contributed by atoms with Crippen molar-refractivity contribution in [2.75, 3.05) is 0 Å². The fourth-order valence-electron chi connectivity index (χ4n) is 0.955. The van der Waals surface area contributed by atoms with Crippen molar-refractivity contribution in [1.29, 1.82) is 0 Å². The molecule has 0 aliphatic carbocycles. The van der Waals surface area contributed by atoms with Gasteiger partial charge in [0.1, 0.15) is 0 Å². The molecule has 0 amide bonds. The summed E-state index contributed by atoms with van der Waals surface area (Å²) in [5.41, 5.74) is 0.518. The van der Waals surface area contributed by atoms with Gasteiger partial charge in [0.25, 0.3) is 0 Å². The highest BCUT2D eigenvalue weighted by atomic mass is 35.5. The van der Waals surface area contributed by atoms with Crippen molar-refractivity contribution >= 4 is 22.6 Å². The van der Waals surface area contributed by atoms with Crippen LogP contribution in [-0.4, -0.2) is 11.0 Å². The minimum absolute atomic E-state index is 0.236. The maximum absolute atomic E-state index is 11.5. The molecule has 0 radical (unpaired) electrons. The molecule has 0 aliphatic rings. The summed E-state index contributed by atoms with van der Waals surface area (Å²) in [6, 6.07) is 8.64. The van der Waals surface area contributed by atoms with E-state index >= 15 is 0 Å². The van der Waals surface area contributed by atoms with E-state index in [9.17, 15) is 9.59 Å². The summed E-state index contributed by atoms with van der Waals surface area (Å²) >= 11 is 5.21. The van der Waals surface area contributed by atoms with E-state index in [4.69, 9.17) is 11.6 Å². The third-order valence-corrected chi connectivity index (χ3v) is 2.12. The Morgan fingerprint density at radius 3 is 2.23 bits per heavy atom. The zero-order valence-electron chi connectivity index (χ0n) is 7.16. The van der Waals surface area contributed by atoms with E-state index in [0.717, 1.165) is 0 Å². The zero-order valence-corrected chi connectivity index (χ0v) is 7.91. The van der Waals surface area contributed by atoms with Crippen LogP contribution in [0.25, 0.3) is 0 Å². The monoisotopic (exact) mass is 196 g/mol. The Kier molecular flexibility index (Phi) is 3.20. The van der Waals surface area contributed by atoms with Crippen LogP contribution in [0, 0.1) is 5.92 Å². The molecule has 0 aliphatic heterocycles. The molecule has 0 spiro atoms. The standard InChI is InChI=1S/C10H9ClO2/c1-7(10(11)13)9(12)8-5-3-2-4-6-8/h2-7H,1H3. The summed E-state index contributed by atoms with van der Waals surface area (Å²) in [6.07, 6.45) is 0. The van der Waals surface area contributed by atoms with E-state index in [-0.39, 0.29) is 5.78 Å². The Morgan fingerprint density at radius 1 is 1.23 bits per heavy atom. The first-order valence-electron chi connectivity index (χ1n) is 3.91. The van der Waals surface area contributed by atoms with Crippen LogP contribution in [0.1, 0.15) is 17.3 Å². The summed E-state index contributed by atoms with van der Waals surface area (Å²) in [4.78, 5) is 22.2. The number of Topliss-reactive ketones (excluding diaryl/α,β-unsaturated/α-hetero) is 1. The third kappa shape index (κ3) is 2.39. The van der Waals surface area contributed by atoms with Crippen LogP contribution >= 0.6 is 11.6 Å². The van der Waals surface area contributed by atoms with Gasteiger partial charge in [-0.25, -0.2) is 0 Å². The third-order valence-electron chi connectivity index (χ3n) is 1.79. The van der Waals surface area contributed by atoms with Crippen LogP contribution in [0.2, 0.25) is 0 Å². The molecular weight excluding hydrogens is 188 g/mol. The molecule has 0 heterocycles. The number of carbonyl (C=O) groups is 2. The van der Waals surface area contributed by atoms with Crippen LogP contribution in [0.5, 0.6) is 0 Å². The number of carbonyl (C=O) groups excluding carboxylic acids is 2. The van der Waals surface area contributed by atoms with Crippen LogP contribution in [0.3, 0.4) is 0 Å². The van der Waals surface area contributed by atoms with Gasteiger partial charge in [0.15, 0.2) is 5.78 Å². The fraction of sp³-hybridized carbons (Fsp3) is 0.200. The van der Waals surface area contributed by atoms with Crippen LogP contribution in [-0.2, 0) is 4.79 Å². The molecule has 2 nitrogen and oxygen atoms in total. The van der Waals surface area contributed by atoms with Gasteiger partial charge in [-0.05, 0) is 18.5 Å². The van der Waals surface area contributed by atoms with Crippen molar-refractivity contribution < 1.29 is 9.59 Å². The highest BCUT2D eigenvalue weighted by molar-refractivity contribution is 6.65. The van der Waals surface area contributed by atoms with Crippen molar-refractivity contribution in [3.63, 3.8) is 0 Å². The van der Waals surface area contributed by atoms with Gasteiger partial charge < -0.3 is 0 Å². The van der Waals surface area contributed by atoms with Gasteiger partial charge in [-0.1, -0.05) is 30.3 Å². The number of halogens is 1. The zero-order chi connectivity index (χ0) is 9.84. The molecule has 13 heavy (non-hydrogen) atoms. The SMILES string of the molecule is CC(C(=O)Cl)C(=O)c1ccccc1. The van der Waals surface area contributed by atoms with Crippen LogP contribution in [0.15, 0.2) is 30.3 Å². The molecule has 0 N–H and O–H groups in total. The van der Waals surface area contributed by atoms with Crippen molar-refractivity contribution in [2.45, 2.75) is 6.92 Å². The number of ketones is 1. The molecule has 1 rings (SSSR count). The molecule has 0 saturated heterocycles. The molecule has 1 atom stereocenters. The van der Waals surface area contributed by atoms with E-state index in [1.807, 2.05) is 6.07 Å². The Balaban J connectivity index is 2.86. The van der Waals surface area contributed by atoms with Gasteiger partial charge in [0, 0.05) is 5.56 Å². The molecule has 3 heteroatoms. The number of hydrogen-bond acceptors (Lipinski definition) is 2. The van der Waals surface area contributed by atoms with E-state index in [2.05, 4.69) is 0 Å². The summed E-state index contributed by atoms with van der Waals surface area (Å²) < 4.78 is 0. The number of hydrogen-bond donors (Lipinski definition) is 0. The minimum atomic E-state index is -0.760. The van der Waals surface area contributed by atoms with Crippen molar-refractivity contribution in [3.05, 3.63) is 35.9 Å². The summed E-state index contributed by atoms with van der Waals surface area (Å²) in [7, 11) is 0. The van der Waals surface area contributed by atoms with Crippen LogP contribution < -0.4 is 0 Å². The maximum Gasteiger partial charge on any atom is 0.232 e. The van der Waals surface area contributed by atoms with Crippen molar-refractivity contribution in [2.24, 2.45) is 5.92 Å². The Hall–Kier alpha value is -1.15. The van der Waals surface area contributed by atoms with Gasteiger partial charge in [-0.3, -0.25) is 9.59 Å². The molecule has 0 saturated carbocycles. The van der Waals surface area contributed by atoms with E-state index in [1.165, 1.54) is 6.92 Å². The summed E-state index contributed by atoms with van der Waals surface area (Å²) in [6.45, 7) is 1.50. The smallest absolute Gasteiger partial charge is 0.232 e. The van der Waals surface area contributed by atoms with Gasteiger partial charge in [0.2, 0.25) is 5.24 Å². The van der Waals surface area contributed by atoms with E-state index in [1.54, 1.807) is 24.3 Å². The first-order valence-corrected chi connectivity index (χ1v) is 4.29. The molecule has 0 fully saturated rings. The molecular formula is C10H9ClO2. The second-order valence-electron chi connectivity index (χ2n) is 2.76. The average molecular weight is 197 g/mol. The molecule has 0 bridgehead atoms. The van der Waals surface area contributed by atoms with E-state index in [0.29, 0.717) is 5.56 Å². The number of rotatable bonds is 3. The van der Waals surface area contributed by atoms with Gasteiger partial charge in [0.05, 0.1) is 5.92 Å².